The van der Waals surface area contributed by atoms with Crippen LogP contribution in [0.3, 0.4) is 0 Å². The molecule has 1 amide bonds. The van der Waals surface area contributed by atoms with Gasteiger partial charge in [-0.05, 0) is 50.1 Å². The number of carbonyl (C=O) groups is 1. The number of amides is 1. The van der Waals surface area contributed by atoms with E-state index in [9.17, 15) is 4.79 Å². The van der Waals surface area contributed by atoms with Gasteiger partial charge in [0.05, 0.1) is 18.9 Å². The van der Waals surface area contributed by atoms with Gasteiger partial charge in [-0.25, -0.2) is 4.99 Å². The molecule has 7 nitrogen and oxygen atoms in total. The van der Waals surface area contributed by atoms with Gasteiger partial charge in [0.2, 0.25) is 5.91 Å². The van der Waals surface area contributed by atoms with Crippen molar-refractivity contribution in [2.75, 3.05) is 30.4 Å². The second-order valence-corrected chi connectivity index (χ2v) is 5.95. The van der Waals surface area contributed by atoms with E-state index in [0.29, 0.717) is 30.4 Å². The molecule has 0 aliphatic heterocycles. The molecule has 2 rings (SSSR count). The third-order valence-corrected chi connectivity index (χ3v) is 3.84. The van der Waals surface area contributed by atoms with Crippen LogP contribution < -0.4 is 25.8 Å². The largest absolute Gasteiger partial charge is 0.494 e. The number of nitrogens with one attached hydrogen (secondary N) is 2. The van der Waals surface area contributed by atoms with E-state index in [2.05, 4.69) is 22.5 Å². The van der Waals surface area contributed by atoms with Crippen molar-refractivity contribution in [3.05, 3.63) is 48.0 Å². The number of anilines is 2. The number of benzene rings is 2. The van der Waals surface area contributed by atoms with Gasteiger partial charge < -0.3 is 25.8 Å². The Morgan fingerprint density at radius 2 is 1.82 bits per heavy atom. The molecular formula is C21H28N4O3. The molecule has 0 heterocycles. The molecule has 0 bridgehead atoms. The van der Waals surface area contributed by atoms with Crippen molar-refractivity contribution < 1.29 is 14.3 Å². The lowest BCUT2D eigenvalue weighted by atomic mass is 10.1. The Balaban J connectivity index is 2.01. The predicted octanol–water partition coefficient (Wildman–Crippen LogP) is 3.41. The number of aliphatic imine (C=N–C) groups is 1. The molecule has 0 saturated heterocycles. The zero-order valence-corrected chi connectivity index (χ0v) is 16.6. The molecule has 0 aliphatic carbocycles. The van der Waals surface area contributed by atoms with Gasteiger partial charge in [0.15, 0.2) is 5.96 Å². The zero-order valence-electron chi connectivity index (χ0n) is 16.6. The average molecular weight is 384 g/mol. The van der Waals surface area contributed by atoms with Crippen LogP contribution in [0.1, 0.15) is 26.3 Å². The highest BCUT2D eigenvalue weighted by Gasteiger charge is 2.08. The van der Waals surface area contributed by atoms with E-state index >= 15 is 0 Å². The maximum Gasteiger partial charge on any atom is 0.246 e. The highest BCUT2D eigenvalue weighted by Crippen LogP contribution is 2.29. The molecule has 0 unspecified atom stereocenters. The van der Waals surface area contributed by atoms with Gasteiger partial charge in [0.1, 0.15) is 18.0 Å². The fourth-order valence-corrected chi connectivity index (χ4v) is 2.55. The van der Waals surface area contributed by atoms with Gasteiger partial charge in [-0.3, -0.25) is 4.79 Å². The molecule has 0 atom stereocenters. The van der Waals surface area contributed by atoms with Gasteiger partial charge in [0, 0.05) is 11.8 Å². The third kappa shape index (κ3) is 6.50. The molecular weight excluding hydrogens is 356 g/mol. The first-order valence-electron chi connectivity index (χ1n) is 9.41. The third-order valence-electron chi connectivity index (χ3n) is 3.84. The summed E-state index contributed by atoms with van der Waals surface area (Å²) in [5.74, 6) is 1.19. The highest BCUT2D eigenvalue weighted by molar-refractivity contribution is 5.97. The number of hydrogen-bond acceptors (Lipinski definition) is 4. The number of ether oxygens (including phenoxy) is 2. The minimum Gasteiger partial charge on any atom is -0.494 e. The summed E-state index contributed by atoms with van der Waals surface area (Å²) in [5.41, 5.74) is 8.47. The molecule has 0 spiro atoms. The fraction of sp³-hybridized carbons (Fsp3) is 0.333. The van der Waals surface area contributed by atoms with E-state index in [4.69, 9.17) is 15.2 Å². The molecule has 2 aromatic carbocycles. The molecule has 28 heavy (non-hydrogen) atoms. The van der Waals surface area contributed by atoms with Gasteiger partial charge in [-0.2, -0.15) is 0 Å². The molecule has 0 radical (unpaired) electrons. The number of nitrogens with zero attached hydrogens (tertiary/aromatic N) is 1. The molecule has 0 aromatic heterocycles. The summed E-state index contributed by atoms with van der Waals surface area (Å²) in [5, 5.41) is 5.79. The SMILES string of the molecule is CCOc1ccc(OCC)c(NC(N)=NCC(=O)Nc2cccc(CC)c2)c1. The maximum atomic E-state index is 12.1. The average Bonchev–Trinajstić information content (AvgIpc) is 2.69. The summed E-state index contributed by atoms with van der Waals surface area (Å²) >= 11 is 0. The first-order chi connectivity index (χ1) is 13.5. The van der Waals surface area contributed by atoms with Crippen molar-refractivity contribution in [3.8, 4) is 11.5 Å². The molecule has 150 valence electrons. The smallest absolute Gasteiger partial charge is 0.246 e. The summed E-state index contributed by atoms with van der Waals surface area (Å²) in [6.07, 6.45) is 0.904. The Labute approximate surface area is 165 Å². The Morgan fingerprint density at radius 3 is 2.54 bits per heavy atom. The zero-order chi connectivity index (χ0) is 20.4. The Kier molecular flexibility index (Phi) is 8.14. The van der Waals surface area contributed by atoms with Crippen LogP contribution in [0.2, 0.25) is 0 Å². The number of nitrogens with two attached hydrogens (primary N) is 1. The normalized spacial score (nSPS) is 11.0. The summed E-state index contributed by atoms with van der Waals surface area (Å²) in [4.78, 5) is 16.2. The van der Waals surface area contributed by atoms with Crippen LogP contribution in [-0.4, -0.2) is 31.6 Å². The summed E-state index contributed by atoms with van der Waals surface area (Å²) in [6.45, 7) is 6.85. The predicted molar refractivity (Wildman–Crippen MR) is 113 cm³/mol. The Bertz CT molecular complexity index is 821. The number of carbonyl (C=O) groups excluding carboxylic acids is 1. The minimum absolute atomic E-state index is 0.0930. The lowest BCUT2D eigenvalue weighted by molar-refractivity contribution is -0.114. The molecule has 7 heteroatoms. The first-order valence-corrected chi connectivity index (χ1v) is 9.41. The molecule has 4 N–H and O–H groups in total. The Morgan fingerprint density at radius 1 is 1.04 bits per heavy atom. The highest BCUT2D eigenvalue weighted by atomic mass is 16.5. The molecule has 0 aliphatic rings. The number of guanidine groups is 1. The van der Waals surface area contributed by atoms with Gasteiger partial charge in [-0.15, -0.1) is 0 Å². The molecule has 0 saturated carbocycles. The fourth-order valence-electron chi connectivity index (χ4n) is 2.55. The van der Waals surface area contributed by atoms with E-state index in [1.807, 2.05) is 44.2 Å². The van der Waals surface area contributed by atoms with Crippen molar-refractivity contribution in [2.45, 2.75) is 27.2 Å². The monoisotopic (exact) mass is 384 g/mol. The van der Waals surface area contributed by atoms with E-state index < -0.39 is 0 Å². The van der Waals surface area contributed by atoms with Crippen LogP contribution in [0.5, 0.6) is 11.5 Å². The minimum atomic E-state index is -0.244. The van der Waals surface area contributed by atoms with Crippen LogP contribution >= 0.6 is 0 Å². The van der Waals surface area contributed by atoms with Crippen molar-refractivity contribution in [3.63, 3.8) is 0 Å². The van der Waals surface area contributed by atoms with E-state index in [1.54, 1.807) is 12.1 Å². The standard InChI is InChI=1S/C21H28N4O3/c1-4-15-8-7-9-16(12-15)24-20(26)14-23-21(22)25-18-13-17(27-5-2)10-11-19(18)28-6-3/h7-13H,4-6,14H2,1-3H3,(H,24,26)(H3,22,23,25). The van der Waals surface area contributed by atoms with Crippen LogP contribution in [0.4, 0.5) is 11.4 Å². The van der Waals surface area contributed by atoms with Gasteiger partial charge in [0.25, 0.3) is 0 Å². The number of hydrogen-bond donors (Lipinski definition) is 3. The summed E-state index contributed by atoms with van der Waals surface area (Å²) in [7, 11) is 0. The van der Waals surface area contributed by atoms with Crippen molar-refractivity contribution in [1.29, 1.82) is 0 Å². The second kappa shape index (κ2) is 10.8. The van der Waals surface area contributed by atoms with Gasteiger partial charge in [-0.1, -0.05) is 19.1 Å². The van der Waals surface area contributed by atoms with E-state index in [-0.39, 0.29) is 18.4 Å². The second-order valence-electron chi connectivity index (χ2n) is 5.95. The maximum absolute atomic E-state index is 12.1. The van der Waals surface area contributed by atoms with Crippen molar-refractivity contribution in [1.82, 2.24) is 0 Å². The lowest BCUT2D eigenvalue weighted by Crippen LogP contribution is -2.25. The van der Waals surface area contributed by atoms with E-state index in [0.717, 1.165) is 17.7 Å². The van der Waals surface area contributed by atoms with Crippen LogP contribution in [0.15, 0.2) is 47.5 Å². The topological polar surface area (TPSA) is 98.0 Å². The number of aryl methyl sites for hydroxylation is 1. The van der Waals surface area contributed by atoms with Crippen LogP contribution in [-0.2, 0) is 11.2 Å². The van der Waals surface area contributed by atoms with Gasteiger partial charge >= 0.3 is 0 Å². The van der Waals surface area contributed by atoms with Crippen LogP contribution in [0.25, 0.3) is 0 Å². The summed E-state index contributed by atoms with van der Waals surface area (Å²) < 4.78 is 11.1. The van der Waals surface area contributed by atoms with Crippen LogP contribution in [0, 0.1) is 0 Å². The van der Waals surface area contributed by atoms with Crippen molar-refractivity contribution >= 4 is 23.2 Å². The summed E-state index contributed by atoms with van der Waals surface area (Å²) in [6, 6.07) is 13.1. The number of rotatable bonds is 9. The first kappa shape index (κ1) is 21.1. The van der Waals surface area contributed by atoms with Crippen molar-refractivity contribution in [2.24, 2.45) is 10.7 Å². The quantitative estimate of drug-likeness (QED) is 0.455. The van der Waals surface area contributed by atoms with E-state index in [1.165, 1.54) is 0 Å². The Hall–Kier alpha value is -3.22. The molecule has 2 aromatic rings. The lowest BCUT2D eigenvalue weighted by Gasteiger charge is -2.14. The molecule has 0 fully saturated rings.